The molecule has 1 aromatic heterocycles. The molecule has 0 aliphatic carbocycles. The molecule has 0 fully saturated rings. The first-order chi connectivity index (χ1) is 7.79. The molecule has 1 heterocycles. The molecular formula is C10H10ClN3OS. The van der Waals surface area contributed by atoms with Gasteiger partial charge >= 0.3 is 0 Å². The highest BCUT2D eigenvalue weighted by molar-refractivity contribution is 7.16. The van der Waals surface area contributed by atoms with Crippen LogP contribution in [-0.2, 0) is 6.54 Å². The molecule has 2 aromatic rings. The lowest BCUT2D eigenvalue weighted by Crippen LogP contribution is -1.99. The Labute approximate surface area is 102 Å². The van der Waals surface area contributed by atoms with Crippen molar-refractivity contribution in [3.8, 4) is 5.19 Å². The van der Waals surface area contributed by atoms with E-state index in [2.05, 4.69) is 15.5 Å². The summed E-state index contributed by atoms with van der Waals surface area (Å²) in [6.45, 7) is 0.623. The minimum atomic E-state index is 0.543. The summed E-state index contributed by atoms with van der Waals surface area (Å²) in [5, 5.41) is 12.9. The van der Waals surface area contributed by atoms with Gasteiger partial charge in [-0.25, -0.2) is 0 Å². The Morgan fingerprint density at radius 3 is 2.88 bits per heavy atom. The minimum absolute atomic E-state index is 0.543. The average Bonchev–Trinajstić information content (AvgIpc) is 2.76. The van der Waals surface area contributed by atoms with E-state index in [-0.39, 0.29) is 0 Å². The number of anilines is 1. The van der Waals surface area contributed by atoms with E-state index < -0.39 is 0 Å². The van der Waals surface area contributed by atoms with Crippen LogP contribution in [0.25, 0.3) is 0 Å². The molecule has 0 aliphatic rings. The van der Waals surface area contributed by atoms with E-state index in [9.17, 15) is 0 Å². The smallest absolute Gasteiger partial charge is 0.295 e. The number of nitrogens with zero attached hydrogens (tertiary/aromatic N) is 2. The predicted molar refractivity (Wildman–Crippen MR) is 65.2 cm³/mol. The van der Waals surface area contributed by atoms with E-state index in [0.29, 0.717) is 11.7 Å². The summed E-state index contributed by atoms with van der Waals surface area (Å²) in [5.41, 5.74) is 1.03. The van der Waals surface area contributed by atoms with Crippen LogP contribution in [0.2, 0.25) is 5.02 Å². The number of hydrogen-bond donors (Lipinski definition) is 1. The fourth-order valence-electron chi connectivity index (χ4n) is 1.18. The Bertz CT molecular complexity index is 475. The van der Waals surface area contributed by atoms with Crippen molar-refractivity contribution >= 4 is 28.1 Å². The molecule has 0 saturated heterocycles. The third-order valence-corrected chi connectivity index (χ3v) is 3.18. The summed E-state index contributed by atoms with van der Waals surface area (Å²) in [6.07, 6.45) is 0. The fraction of sp³-hybridized carbons (Fsp3) is 0.200. The van der Waals surface area contributed by atoms with Gasteiger partial charge in [-0.1, -0.05) is 34.9 Å². The largest absolute Gasteiger partial charge is 0.472 e. The normalized spacial score (nSPS) is 10.1. The van der Waals surface area contributed by atoms with Gasteiger partial charge in [-0.15, -0.1) is 5.10 Å². The lowest BCUT2D eigenvalue weighted by molar-refractivity contribution is 0.407. The molecule has 0 bridgehead atoms. The summed E-state index contributed by atoms with van der Waals surface area (Å²) >= 11 is 7.38. The van der Waals surface area contributed by atoms with E-state index in [1.807, 2.05) is 24.3 Å². The molecule has 2 rings (SSSR count). The molecule has 0 saturated carbocycles. The van der Waals surface area contributed by atoms with E-state index in [4.69, 9.17) is 16.3 Å². The maximum atomic E-state index is 6.03. The van der Waals surface area contributed by atoms with Crippen molar-refractivity contribution in [1.29, 1.82) is 0 Å². The van der Waals surface area contributed by atoms with Crippen LogP contribution in [0.5, 0.6) is 5.19 Å². The van der Waals surface area contributed by atoms with E-state index in [1.54, 1.807) is 7.11 Å². The molecule has 84 valence electrons. The number of nitrogens with one attached hydrogen (secondary N) is 1. The van der Waals surface area contributed by atoms with Gasteiger partial charge in [0.1, 0.15) is 0 Å². The number of halogens is 1. The number of rotatable bonds is 4. The highest BCUT2D eigenvalue weighted by atomic mass is 35.5. The number of hydrogen-bond acceptors (Lipinski definition) is 5. The first-order valence-corrected chi connectivity index (χ1v) is 5.84. The Morgan fingerprint density at radius 1 is 1.38 bits per heavy atom. The SMILES string of the molecule is COc1nnc(NCc2ccccc2Cl)s1. The Balaban J connectivity index is 1.99. The first-order valence-electron chi connectivity index (χ1n) is 4.64. The zero-order valence-corrected chi connectivity index (χ0v) is 10.2. The molecule has 0 aliphatic heterocycles. The zero-order valence-electron chi connectivity index (χ0n) is 8.61. The summed E-state index contributed by atoms with van der Waals surface area (Å²) in [6, 6.07) is 7.68. The molecule has 6 heteroatoms. The maximum absolute atomic E-state index is 6.03. The Morgan fingerprint density at radius 2 is 2.19 bits per heavy atom. The van der Waals surface area contributed by atoms with Crippen LogP contribution in [0.4, 0.5) is 5.13 Å². The molecule has 0 atom stereocenters. The maximum Gasteiger partial charge on any atom is 0.295 e. The Kier molecular flexibility index (Phi) is 3.58. The lowest BCUT2D eigenvalue weighted by Gasteiger charge is -2.03. The highest BCUT2D eigenvalue weighted by Crippen LogP contribution is 2.23. The van der Waals surface area contributed by atoms with Crippen LogP contribution in [0, 0.1) is 0 Å². The van der Waals surface area contributed by atoms with Gasteiger partial charge in [-0.2, -0.15) is 0 Å². The fourth-order valence-corrected chi connectivity index (χ4v) is 1.94. The molecule has 4 nitrogen and oxygen atoms in total. The topological polar surface area (TPSA) is 47.0 Å². The Hall–Kier alpha value is -1.33. The molecule has 0 unspecified atom stereocenters. The van der Waals surface area contributed by atoms with Gasteiger partial charge in [-0.3, -0.25) is 0 Å². The van der Waals surface area contributed by atoms with Crippen LogP contribution in [-0.4, -0.2) is 17.3 Å². The molecule has 0 amide bonds. The molecule has 16 heavy (non-hydrogen) atoms. The standard InChI is InChI=1S/C10H10ClN3OS/c1-15-10-14-13-9(16-10)12-6-7-4-2-3-5-8(7)11/h2-5H,6H2,1H3,(H,12,13). The second kappa shape index (κ2) is 5.14. The van der Waals surface area contributed by atoms with Gasteiger partial charge in [0.25, 0.3) is 5.19 Å². The van der Waals surface area contributed by atoms with E-state index >= 15 is 0 Å². The second-order valence-electron chi connectivity index (χ2n) is 3.02. The summed E-state index contributed by atoms with van der Waals surface area (Å²) in [7, 11) is 1.57. The minimum Gasteiger partial charge on any atom is -0.472 e. The van der Waals surface area contributed by atoms with Gasteiger partial charge in [0.05, 0.1) is 7.11 Å². The molecule has 0 spiro atoms. The summed E-state index contributed by atoms with van der Waals surface area (Å²) < 4.78 is 4.95. The number of ether oxygens (including phenoxy) is 1. The predicted octanol–water partition coefficient (Wildman–Crippen LogP) is 2.81. The van der Waals surface area contributed by atoms with E-state index in [0.717, 1.165) is 15.7 Å². The average molecular weight is 256 g/mol. The van der Waals surface area contributed by atoms with Gasteiger partial charge in [0.2, 0.25) is 5.13 Å². The monoisotopic (exact) mass is 255 g/mol. The van der Waals surface area contributed by atoms with Crippen LogP contribution in [0.3, 0.4) is 0 Å². The quantitative estimate of drug-likeness (QED) is 0.913. The van der Waals surface area contributed by atoms with Crippen molar-refractivity contribution < 1.29 is 4.74 Å². The van der Waals surface area contributed by atoms with Crippen molar-refractivity contribution in [2.24, 2.45) is 0 Å². The van der Waals surface area contributed by atoms with Crippen molar-refractivity contribution in [2.45, 2.75) is 6.54 Å². The summed E-state index contributed by atoms with van der Waals surface area (Å²) in [4.78, 5) is 0. The van der Waals surface area contributed by atoms with Gasteiger partial charge in [0.15, 0.2) is 0 Å². The van der Waals surface area contributed by atoms with Gasteiger partial charge in [-0.05, 0) is 23.0 Å². The van der Waals surface area contributed by atoms with Crippen molar-refractivity contribution in [3.63, 3.8) is 0 Å². The zero-order chi connectivity index (χ0) is 11.4. The van der Waals surface area contributed by atoms with Crippen molar-refractivity contribution in [1.82, 2.24) is 10.2 Å². The summed E-state index contributed by atoms with van der Waals surface area (Å²) in [5.74, 6) is 0. The third-order valence-electron chi connectivity index (χ3n) is 1.97. The number of methoxy groups -OCH3 is 1. The number of aromatic nitrogens is 2. The van der Waals surface area contributed by atoms with Crippen LogP contribution < -0.4 is 10.1 Å². The lowest BCUT2D eigenvalue weighted by atomic mass is 10.2. The molecule has 0 radical (unpaired) electrons. The van der Waals surface area contributed by atoms with Gasteiger partial charge in [0, 0.05) is 11.6 Å². The second-order valence-corrected chi connectivity index (χ2v) is 4.37. The van der Waals surface area contributed by atoms with Crippen LogP contribution >= 0.6 is 22.9 Å². The first kappa shape index (κ1) is 11.2. The van der Waals surface area contributed by atoms with E-state index in [1.165, 1.54) is 11.3 Å². The highest BCUT2D eigenvalue weighted by Gasteiger charge is 2.04. The van der Waals surface area contributed by atoms with Crippen LogP contribution in [0.15, 0.2) is 24.3 Å². The van der Waals surface area contributed by atoms with Crippen molar-refractivity contribution in [3.05, 3.63) is 34.9 Å². The van der Waals surface area contributed by atoms with Crippen molar-refractivity contribution in [2.75, 3.05) is 12.4 Å². The van der Waals surface area contributed by atoms with Crippen LogP contribution in [0.1, 0.15) is 5.56 Å². The van der Waals surface area contributed by atoms with Gasteiger partial charge < -0.3 is 10.1 Å². The molecule has 1 aromatic carbocycles. The molecular weight excluding hydrogens is 246 g/mol. The third kappa shape index (κ3) is 2.62. The molecule has 1 N–H and O–H groups in total. The number of benzene rings is 1.